The number of hydrogen-bond acceptors (Lipinski definition) is 2. The first-order chi connectivity index (χ1) is 5.27. The lowest BCUT2D eigenvalue weighted by Gasteiger charge is -2.25. The van der Waals surface area contributed by atoms with Crippen LogP contribution in [0.25, 0.3) is 0 Å². The second-order valence-corrected chi connectivity index (χ2v) is 3.73. The molecule has 0 atom stereocenters. The van der Waals surface area contributed by atoms with Crippen molar-refractivity contribution in [2.75, 3.05) is 13.1 Å². The summed E-state index contributed by atoms with van der Waals surface area (Å²) in [6.45, 7) is 4.20. The summed E-state index contributed by atoms with van der Waals surface area (Å²) >= 11 is 3.32. The average molecular weight is 216 g/mol. The van der Waals surface area contributed by atoms with E-state index in [1.165, 1.54) is 5.56 Å². The van der Waals surface area contributed by atoms with Gasteiger partial charge in [-0.05, 0) is 34.5 Å². The number of nitrogens with one attached hydrogen (secondary N) is 1. The number of furan rings is 1. The molecule has 1 saturated heterocycles. The summed E-state index contributed by atoms with van der Waals surface area (Å²) in [5.74, 6) is 1.73. The van der Waals surface area contributed by atoms with Crippen LogP contribution >= 0.6 is 15.9 Å². The number of rotatable bonds is 1. The van der Waals surface area contributed by atoms with Crippen LogP contribution in [0.5, 0.6) is 0 Å². The first-order valence-corrected chi connectivity index (χ1v) is 4.53. The predicted octanol–water partition coefficient (Wildman–Crippen LogP) is 2.04. The van der Waals surface area contributed by atoms with Gasteiger partial charge in [-0.3, -0.25) is 0 Å². The lowest BCUT2D eigenvalue weighted by atomic mass is 9.98. The molecule has 0 aromatic carbocycles. The zero-order valence-electron chi connectivity index (χ0n) is 6.36. The molecule has 1 aromatic rings. The van der Waals surface area contributed by atoms with Crippen LogP contribution in [0.4, 0.5) is 0 Å². The van der Waals surface area contributed by atoms with Crippen molar-refractivity contribution in [3.8, 4) is 0 Å². The lowest BCUT2D eigenvalue weighted by molar-refractivity contribution is 0.360. The second-order valence-electron chi connectivity index (χ2n) is 2.95. The molecule has 60 valence electrons. The third-order valence-corrected chi connectivity index (χ3v) is 2.47. The molecule has 11 heavy (non-hydrogen) atoms. The van der Waals surface area contributed by atoms with Gasteiger partial charge < -0.3 is 9.73 Å². The molecule has 1 fully saturated rings. The van der Waals surface area contributed by atoms with E-state index in [0.717, 1.165) is 23.5 Å². The lowest BCUT2D eigenvalue weighted by Crippen LogP contribution is -2.39. The summed E-state index contributed by atoms with van der Waals surface area (Å²) in [6, 6.07) is 2.02. The number of halogens is 1. The first-order valence-electron chi connectivity index (χ1n) is 3.74. The van der Waals surface area contributed by atoms with Gasteiger partial charge in [0.2, 0.25) is 0 Å². The Hall–Kier alpha value is -0.280. The molecule has 2 nitrogen and oxygen atoms in total. The Morgan fingerprint density at radius 2 is 2.36 bits per heavy atom. The van der Waals surface area contributed by atoms with E-state index in [1.807, 2.05) is 6.07 Å². The Labute approximate surface area is 74.1 Å². The van der Waals surface area contributed by atoms with Crippen LogP contribution in [0, 0.1) is 6.92 Å². The maximum Gasteiger partial charge on any atom is 0.169 e. The van der Waals surface area contributed by atoms with Crippen molar-refractivity contribution in [2.45, 2.75) is 12.8 Å². The Morgan fingerprint density at radius 1 is 1.64 bits per heavy atom. The monoisotopic (exact) mass is 215 g/mol. The van der Waals surface area contributed by atoms with E-state index < -0.39 is 0 Å². The molecule has 1 aliphatic heterocycles. The van der Waals surface area contributed by atoms with Gasteiger partial charge in [0, 0.05) is 19.0 Å². The fourth-order valence-corrected chi connectivity index (χ4v) is 1.85. The van der Waals surface area contributed by atoms with Gasteiger partial charge in [0.05, 0.1) is 0 Å². The van der Waals surface area contributed by atoms with E-state index >= 15 is 0 Å². The van der Waals surface area contributed by atoms with Gasteiger partial charge in [-0.15, -0.1) is 0 Å². The SMILES string of the molecule is Cc1cc(Br)oc1C1CNC1. The Bertz CT molecular complexity index is 265. The van der Waals surface area contributed by atoms with Crippen molar-refractivity contribution in [1.29, 1.82) is 0 Å². The number of aryl methyl sites for hydroxylation is 1. The topological polar surface area (TPSA) is 25.2 Å². The highest BCUT2D eigenvalue weighted by atomic mass is 79.9. The zero-order valence-corrected chi connectivity index (χ0v) is 7.94. The summed E-state index contributed by atoms with van der Waals surface area (Å²) in [4.78, 5) is 0. The van der Waals surface area contributed by atoms with Gasteiger partial charge in [0.15, 0.2) is 4.67 Å². The predicted molar refractivity (Wildman–Crippen MR) is 46.8 cm³/mol. The smallest absolute Gasteiger partial charge is 0.169 e. The zero-order chi connectivity index (χ0) is 7.84. The summed E-state index contributed by atoms with van der Waals surface area (Å²) in [5, 5.41) is 3.22. The first kappa shape index (κ1) is 7.37. The largest absolute Gasteiger partial charge is 0.454 e. The van der Waals surface area contributed by atoms with Crippen molar-refractivity contribution >= 4 is 15.9 Å². The quantitative estimate of drug-likeness (QED) is 0.776. The summed E-state index contributed by atoms with van der Waals surface area (Å²) in [7, 11) is 0. The fraction of sp³-hybridized carbons (Fsp3) is 0.500. The van der Waals surface area contributed by atoms with E-state index in [-0.39, 0.29) is 0 Å². The van der Waals surface area contributed by atoms with Crippen molar-refractivity contribution in [3.63, 3.8) is 0 Å². The van der Waals surface area contributed by atoms with Crippen LogP contribution in [0.2, 0.25) is 0 Å². The van der Waals surface area contributed by atoms with E-state index in [1.54, 1.807) is 0 Å². The van der Waals surface area contributed by atoms with Gasteiger partial charge in [0.1, 0.15) is 5.76 Å². The molecule has 2 heterocycles. The minimum Gasteiger partial charge on any atom is -0.454 e. The standard InChI is InChI=1S/C8H10BrNO/c1-5-2-7(9)11-8(5)6-3-10-4-6/h2,6,10H,3-4H2,1H3. The van der Waals surface area contributed by atoms with E-state index in [0.29, 0.717) is 5.92 Å². The average Bonchev–Trinajstić information content (AvgIpc) is 2.07. The van der Waals surface area contributed by atoms with Crippen molar-refractivity contribution in [1.82, 2.24) is 5.32 Å². The maximum atomic E-state index is 5.49. The van der Waals surface area contributed by atoms with Crippen molar-refractivity contribution in [3.05, 3.63) is 22.1 Å². The minimum atomic E-state index is 0.598. The minimum absolute atomic E-state index is 0.598. The second kappa shape index (κ2) is 2.64. The normalized spacial score (nSPS) is 18.4. The Morgan fingerprint density at radius 3 is 2.73 bits per heavy atom. The van der Waals surface area contributed by atoms with Crippen LogP contribution in [0.15, 0.2) is 15.2 Å². The molecule has 0 saturated carbocycles. The molecule has 3 heteroatoms. The molecule has 0 radical (unpaired) electrons. The third kappa shape index (κ3) is 1.23. The van der Waals surface area contributed by atoms with Gasteiger partial charge >= 0.3 is 0 Å². The van der Waals surface area contributed by atoms with Crippen LogP contribution < -0.4 is 5.32 Å². The third-order valence-electron chi connectivity index (χ3n) is 2.08. The van der Waals surface area contributed by atoms with Gasteiger partial charge in [-0.25, -0.2) is 0 Å². The molecule has 0 amide bonds. The van der Waals surface area contributed by atoms with Crippen LogP contribution in [0.3, 0.4) is 0 Å². The van der Waals surface area contributed by atoms with Crippen LogP contribution in [-0.2, 0) is 0 Å². The van der Waals surface area contributed by atoms with Crippen LogP contribution in [-0.4, -0.2) is 13.1 Å². The maximum absolute atomic E-state index is 5.49. The highest BCUT2D eigenvalue weighted by Crippen LogP contribution is 2.28. The molecule has 1 N–H and O–H groups in total. The summed E-state index contributed by atoms with van der Waals surface area (Å²) in [5.41, 5.74) is 1.25. The summed E-state index contributed by atoms with van der Waals surface area (Å²) < 4.78 is 6.34. The molecule has 0 unspecified atom stereocenters. The molecule has 0 spiro atoms. The van der Waals surface area contributed by atoms with Crippen LogP contribution in [0.1, 0.15) is 17.2 Å². The van der Waals surface area contributed by atoms with Gasteiger partial charge in [-0.1, -0.05) is 0 Å². The molecular weight excluding hydrogens is 206 g/mol. The summed E-state index contributed by atoms with van der Waals surface area (Å²) in [6.07, 6.45) is 0. The molecule has 1 aliphatic rings. The highest BCUT2D eigenvalue weighted by molar-refractivity contribution is 9.10. The van der Waals surface area contributed by atoms with E-state index in [2.05, 4.69) is 28.2 Å². The van der Waals surface area contributed by atoms with Gasteiger partial charge in [0.25, 0.3) is 0 Å². The Kier molecular flexibility index (Phi) is 1.77. The van der Waals surface area contributed by atoms with E-state index in [9.17, 15) is 0 Å². The molecular formula is C8H10BrNO. The van der Waals surface area contributed by atoms with E-state index in [4.69, 9.17) is 4.42 Å². The fourth-order valence-electron chi connectivity index (χ4n) is 1.34. The molecule has 2 rings (SSSR count). The molecule has 0 aliphatic carbocycles. The number of hydrogen-bond donors (Lipinski definition) is 1. The van der Waals surface area contributed by atoms with Gasteiger partial charge in [-0.2, -0.15) is 0 Å². The molecule has 1 aromatic heterocycles. The van der Waals surface area contributed by atoms with Crippen molar-refractivity contribution < 1.29 is 4.42 Å². The molecule has 0 bridgehead atoms. The Balaban J connectivity index is 2.28. The highest BCUT2D eigenvalue weighted by Gasteiger charge is 2.24. The van der Waals surface area contributed by atoms with Crippen molar-refractivity contribution in [2.24, 2.45) is 0 Å².